The van der Waals surface area contributed by atoms with Crippen molar-refractivity contribution in [3.05, 3.63) is 41.8 Å². The zero-order valence-electron chi connectivity index (χ0n) is 7.18. The third kappa shape index (κ3) is 1.67. The first kappa shape index (κ1) is 8.97. The fourth-order valence-electron chi connectivity index (χ4n) is 1.15. The van der Waals surface area contributed by atoms with E-state index in [2.05, 4.69) is 9.97 Å². The van der Waals surface area contributed by atoms with Crippen molar-refractivity contribution in [2.24, 2.45) is 0 Å². The summed E-state index contributed by atoms with van der Waals surface area (Å²) in [7, 11) is 0. The third-order valence-corrected chi connectivity index (χ3v) is 1.98. The molecule has 3 nitrogen and oxygen atoms in total. The molecule has 0 saturated carbocycles. The summed E-state index contributed by atoms with van der Waals surface area (Å²) in [5.41, 5.74) is 1.25. The van der Waals surface area contributed by atoms with E-state index in [1.165, 1.54) is 12.3 Å². The molecule has 0 spiro atoms. The molecule has 14 heavy (non-hydrogen) atoms. The molecule has 0 atom stereocenters. The number of halogens is 1. The van der Waals surface area contributed by atoms with Gasteiger partial charge >= 0.3 is 0 Å². The Hall–Kier alpha value is -1.61. The summed E-state index contributed by atoms with van der Waals surface area (Å²) in [4.78, 5) is 7.97. The predicted octanol–water partition coefficient (Wildman–Crippen LogP) is 2.50. The van der Waals surface area contributed by atoms with Crippen LogP contribution in [0.25, 0.3) is 11.3 Å². The summed E-state index contributed by atoms with van der Waals surface area (Å²) < 4.78 is 0. The van der Waals surface area contributed by atoms with Crippen molar-refractivity contribution in [3.8, 4) is 17.0 Å². The van der Waals surface area contributed by atoms with Gasteiger partial charge in [0, 0.05) is 30.2 Å². The van der Waals surface area contributed by atoms with Gasteiger partial charge in [-0.2, -0.15) is 0 Å². The van der Waals surface area contributed by atoms with E-state index in [9.17, 15) is 5.11 Å². The fourth-order valence-corrected chi connectivity index (χ4v) is 1.31. The van der Waals surface area contributed by atoms with Crippen LogP contribution >= 0.6 is 11.6 Å². The van der Waals surface area contributed by atoms with Crippen LogP contribution in [-0.2, 0) is 0 Å². The van der Waals surface area contributed by atoms with Crippen LogP contribution in [0.4, 0.5) is 0 Å². The quantitative estimate of drug-likeness (QED) is 0.780. The Morgan fingerprint density at radius 2 is 2.14 bits per heavy atom. The van der Waals surface area contributed by atoms with E-state index in [-0.39, 0.29) is 5.75 Å². The lowest BCUT2D eigenvalue weighted by molar-refractivity contribution is 0.475. The molecule has 0 bridgehead atoms. The Morgan fingerprint density at radius 1 is 1.29 bits per heavy atom. The minimum absolute atomic E-state index is 0.0606. The lowest BCUT2D eigenvalue weighted by Crippen LogP contribution is -1.84. The third-order valence-electron chi connectivity index (χ3n) is 1.77. The Kier molecular flexibility index (Phi) is 2.33. The molecule has 0 unspecified atom stereocenters. The maximum absolute atomic E-state index is 9.57. The number of hydrogen-bond acceptors (Lipinski definition) is 3. The van der Waals surface area contributed by atoms with E-state index in [1.54, 1.807) is 18.5 Å². The van der Waals surface area contributed by atoms with Crippen LogP contribution < -0.4 is 0 Å². The SMILES string of the molecule is Oc1cc(Cl)cnc1-c1cccnc1. The molecule has 0 aliphatic rings. The number of nitrogens with zero attached hydrogens (tertiary/aromatic N) is 2. The van der Waals surface area contributed by atoms with Gasteiger partial charge < -0.3 is 5.11 Å². The maximum atomic E-state index is 9.57. The van der Waals surface area contributed by atoms with Crippen LogP contribution in [0.1, 0.15) is 0 Å². The summed E-state index contributed by atoms with van der Waals surface area (Å²) in [6, 6.07) is 5.06. The highest BCUT2D eigenvalue weighted by atomic mass is 35.5. The Morgan fingerprint density at radius 3 is 2.79 bits per heavy atom. The second-order valence-corrected chi connectivity index (χ2v) is 3.20. The van der Waals surface area contributed by atoms with Crippen LogP contribution in [0.15, 0.2) is 36.8 Å². The minimum atomic E-state index is 0.0606. The average molecular weight is 207 g/mol. The van der Waals surface area contributed by atoms with Gasteiger partial charge in [-0.15, -0.1) is 0 Å². The van der Waals surface area contributed by atoms with Crippen LogP contribution in [0.3, 0.4) is 0 Å². The molecule has 70 valence electrons. The zero-order chi connectivity index (χ0) is 9.97. The summed E-state index contributed by atoms with van der Waals surface area (Å²) in [5, 5.41) is 9.98. The van der Waals surface area contributed by atoms with Crippen molar-refractivity contribution >= 4 is 11.6 Å². The normalized spacial score (nSPS) is 10.1. The maximum Gasteiger partial charge on any atom is 0.143 e. The van der Waals surface area contributed by atoms with Crippen LogP contribution in [-0.4, -0.2) is 15.1 Å². The molecule has 1 N–H and O–H groups in total. The van der Waals surface area contributed by atoms with Gasteiger partial charge in [-0.1, -0.05) is 11.6 Å². The number of rotatable bonds is 1. The van der Waals surface area contributed by atoms with Crippen LogP contribution in [0.5, 0.6) is 5.75 Å². The largest absolute Gasteiger partial charge is 0.506 e. The van der Waals surface area contributed by atoms with E-state index in [1.807, 2.05) is 6.07 Å². The summed E-state index contributed by atoms with van der Waals surface area (Å²) in [6.45, 7) is 0. The van der Waals surface area contributed by atoms with Gasteiger partial charge in [-0.05, 0) is 12.1 Å². The van der Waals surface area contributed by atoms with E-state index in [0.717, 1.165) is 5.56 Å². The first-order valence-corrected chi connectivity index (χ1v) is 4.40. The highest BCUT2D eigenvalue weighted by molar-refractivity contribution is 6.30. The molecule has 0 radical (unpaired) electrons. The van der Waals surface area contributed by atoms with E-state index in [4.69, 9.17) is 11.6 Å². The van der Waals surface area contributed by atoms with Crippen LogP contribution in [0, 0.1) is 0 Å². The molecule has 2 rings (SSSR count). The standard InChI is InChI=1S/C10H7ClN2O/c11-8-4-9(14)10(13-6-8)7-2-1-3-12-5-7/h1-6,14H. The van der Waals surface area contributed by atoms with E-state index in [0.29, 0.717) is 10.7 Å². The Bertz CT molecular complexity index is 445. The second-order valence-electron chi connectivity index (χ2n) is 2.76. The molecule has 0 aliphatic carbocycles. The molecule has 2 aromatic heterocycles. The van der Waals surface area contributed by atoms with Crippen molar-refractivity contribution in [1.29, 1.82) is 0 Å². The monoisotopic (exact) mass is 206 g/mol. The second kappa shape index (κ2) is 3.64. The summed E-state index contributed by atoms with van der Waals surface area (Å²) in [6.07, 6.45) is 4.79. The average Bonchev–Trinajstić information content (AvgIpc) is 2.19. The fraction of sp³-hybridized carbons (Fsp3) is 0. The topological polar surface area (TPSA) is 46.0 Å². The van der Waals surface area contributed by atoms with E-state index < -0.39 is 0 Å². The molecule has 0 amide bonds. The molecular formula is C10H7ClN2O. The van der Waals surface area contributed by atoms with Gasteiger partial charge in [0.1, 0.15) is 11.4 Å². The highest BCUT2D eigenvalue weighted by Crippen LogP contribution is 2.27. The summed E-state index contributed by atoms with van der Waals surface area (Å²) in [5.74, 6) is 0.0606. The number of aromatic hydroxyl groups is 1. The van der Waals surface area contributed by atoms with Crippen LogP contribution in [0.2, 0.25) is 5.02 Å². The van der Waals surface area contributed by atoms with Gasteiger partial charge in [-0.3, -0.25) is 9.97 Å². The number of hydrogen-bond donors (Lipinski definition) is 1. The summed E-state index contributed by atoms with van der Waals surface area (Å²) >= 11 is 5.67. The van der Waals surface area contributed by atoms with Gasteiger partial charge in [0.15, 0.2) is 0 Å². The molecule has 4 heteroatoms. The van der Waals surface area contributed by atoms with Gasteiger partial charge in [-0.25, -0.2) is 0 Å². The molecule has 0 saturated heterocycles. The van der Waals surface area contributed by atoms with Crippen molar-refractivity contribution in [2.45, 2.75) is 0 Å². The van der Waals surface area contributed by atoms with Crippen molar-refractivity contribution in [1.82, 2.24) is 9.97 Å². The Balaban J connectivity index is 2.53. The van der Waals surface area contributed by atoms with Crippen molar-refractivity contribution in [3.63, 3.8) is 0 Å². The molecular weight excluding hydrogens is 200 g/mol. The van der Waals surface area contributed by atoms with Gasteiger partial charge in [0.2, 0.25) is 0 Å². The van der Waals surface area contributed by atoms with Gasteiger partial charge in [0.05, 0.1) is 5.02 Å². The zero-order valence-corrected chi connectivity index (χ0v) is 7.94. The smallest absolute Gasteiger partial charge is 0.143 e. The Labute approximate surface area is 86.0 Å². The minimum Gasteiger partial charge on any atom is -0.506 e. The predicted molar refractivity (Wildman–Crippen MR) is 54.1 cm³/mol. The van der Waals surface area contributed by atoms with Crippen molar-refractivity contribution in [2.75, 3.05) is 0 Å². The van der Waals surface area contributed by atoms with Crippen molar-refractivity contribution < 1.29 is 5.11 Å². The first-order valence-electron chi connectivity index (χ1n) is 4.02. The molecule has 0 fully saturated rings. The first-order chi connectivity index (χ1) is 6.77. The molecule has 2 heterocycles. The number of aromatic nitrogens is 2. The molecule has 0 aromatic carbocycles. The van der Waals surface area contributed by atoms with Gasteiger partial charge in [0.25, 0.3) is 0 Å². The lowest BCUT2D eigenvalue weighted by Gasteiger charge is -2.02. The molecule has 0 aliphatic heterocycles. The lowest BCUT2D eigenvalue weighted by atomic mass is 10.2. The number of pyridine rings is 2. The van der Waals surface area contributed by atoms with E-state index >= 15 is 0 Å². The molecule has 2 aromatic rings. The highest BCUT2D eigenvalue weighted by Gasteiger charge is 2.05.